The SMILES string of the molecule is COc1cc(N(CCN)Cc2ccccc2)ncn1. The summed E-state index contributed by atoms with van der Waals surface area (Å²) in [5, 5.41) is 0. The molecule has 19 heavy (non-hydrogen) atoms. The molecule has 0 amide bonds. The Labute approximate surface area is 113 Å². The maximum atomic E-state index is 5.67. The summed E-state index contributed by atoms with van der Waals surface area (Å²) in [5.41, 5.74) is 6.89. The van der Waals surface area contributed by atoms with Crippen molar-refractivity contribution in [2.75, 3.05) is 25.1 Å². The van der Waals surface area contributed by atoms with E-state index < -0.39 is 0 Å². The number of anilines is 1. The van der Waals surface area contributed by atoms with Crippen LogP contribution in [0.3, 0.4) is 0 Å². The molecular weight excluding hydrogens is 240 g/mol. The molecule has 0 aliphatic heterocycles. The average Bonchev–Trinajstić information content (AvgIpc) is 2.48. The summed E-state index contributed by atoms with van der Waals surface area (Å²) in [6.07, 6.45) is 1.50. The third-order valence-corrected chi connectivity index (χ3v) is 2.78. The molecule has 1 aromatic carbocycles. The number of hydrogen-bond donors (Lipinski definition) is 1. The zero-order valence-corrected chi connectivity index (χ0v) is 11.0. The molecule has 0 saturated carbocycles. The Kier molecular flexibility index (Phi) is 4.69. The molecule has 0 unspecified atom stereocenters. The molecule has 5 nitrogen and oxygen atoms in total. The highest BCUT2D eigenvalue weighted by Gasteiger charge is 2.09. The van der Waals surface area contributed by atoms with Crippen LogP contribution in [0, 0.1) is 0 Å². The number of hydrogen-bond acceptors (Lipinski definition) is 5. The van der Waals surface area contributed by atoms with E-state index in [9.17, 15) is 0 Å². The smallest absolute Gasteiger partial charge is 0.218 e. The van der Waals surface area contributed by atoms with Crippen LogP contribution in [0.5, 0.6) is 5.88 Å². The number of aromatic nitrogens is 2. The lowest BCUT2D eigenvalue weighted by Gasteiger charge is -2.23. The van der Waals surface area contributed by atoms with Crippen molar-refractivity contribution in [1.82, 2.24) is 9.97 Å². The maximum Gasteiger partial charge on any atom is 0.218 e. The molecule has 0 atom stereocenters. The molecule has 0 aliphatic rings. The van der Waals surface area contributed by atoms with Crippen molar-refractivity contribution in [2.24, 2.45) is 5.73 Å². The van der Waals surface area contributed by atoms with Crippen LogP contribution in [0.4, 0.5) is 5.82 Å². The Morgan fingerprint density at radius 3 is 2.68 bits per heavy atom. The van der Waals surface area contributed by atoms with Crippen molar-refractivity contribution >= 4 is 5.82 Å². The van der Waals surface area contributed by atoms with Crippen molar-refractivity contribution < 1.29 is 4.74 Å². The van der Waals surface area contributed by atoms with Gasteiger partial charge in [0.05, 0.1) is 7.11 Å². The van der Waals surface area contributed by atoms with Gasteiger partial charge in [-0.1, -0.05) is 30.3 Å². The van der Waals surface area contributed by atoms with Crippen molar-refractivity contribution in [1.29, 1.82) is 0 Å². The highest BCUT2D eigenvalue weighted by atomic mass is 16.5. The van der Waals surface area contributed by atoms with Gasteiger partial charge in [-0.25, -0.2) is 9.97 Å². The molecule has 1 heterocycles. The average molecular weight is 258 g/mol. The van der Waals surface area contributed by atoms with E-state index in [0.717, 1.165) is 18.9 Å². The third kappa shape index (κ3) is 3.66. The van der Waals surface area contributed by atoms with Crippen molar-refractivity contribution in [3.63, 3.8) is 0 Å². The Balaban J connectivity index is 2.19. The van der Waals surface area contributed by atoms with Gasteiger partial charge in [-0.3, -0.25) is 0 Å². The van der Waals surface area contributed by atoms with E-state index in [0.29, 0.717) is 12.4 Å². The van der Waals surface area contributed by atoms with Gasteiger partial charge >= 0.3 is 0 Å². The second kappa shape index (κ2) is 6.70. The lowest BCUT2D eigenvalue weighted by molar-refractivity contribution is 0.396. The summed E-state index contributed by atoms with van der Waals surface area (Å²) < 4.78 is 5.12. The van der Waals surface area contributed by atoms with E-state index >= 15 is 0 Å². The molecule has 2 rings (SSSR count). The fourth-order valence-electron chi connectivity index (χ4n) is 1.85. The molecule has 0 fully saturated rings. The van der Waals surface area contributed by atoms with Crippen LogP contribution >= 0.6 is 0 Å². The van der Waals surface area contributed by atoms with Gasteiger partial charge in [-0.15, -0.1) is 0 Å². The summed E-state index contributed by atoms with van der Waals surface area (Å²) in [7, 11) is 1.59. The first-order valence-electron chi connectivity index (χ1n) is 6.18. The first-order chi connectivity index (χ1) is 9.33. The minimum Gasteiger partial charge on any atom is -0.481 e. The summed E-state index contributed by atoms with van der Waals surface area (Å²) in [6, 6.07) is 12.0. The van der Waals surface area contributed by atoms with Gasteiger partial charge in [0.1, 0.15) is 12.1 Å². The molecule has 2 aromatic rings. The van der Waals surface area contributed by atoms with E-state index in [1.165, 1.54) is 11.9 Å². The first kappa shape index (κ1) is 13.3. The Morgan fingerprint density at radius 1 is 1.21 bits per heavy atom. The van der Waals surface area contributed by atoms with Gasteiger partial charge < -0.3 is 15.4 Å². The predicted molar refractivity (Wildman–Crippen MR) is 75.1 cm³/mol. The summed E-state index contributed by atoms with van der Waals surface area (Å²) in [6.45, 7) is 2.06. The lowest BCUT2D eigenvalue weighted by Crippen LogP contribution is -2.29. The van der Waals surface area contributed by atoms with Crippen molar-refractivity contribution in [3.05, 3.63) is 48.3 Å². The molecule has 100 valence electrons. The standard InChI is InChI=1S/C14H18N4O/c1-19-14-9-13(16-11-17-14)18(8-7-15)10-12-5-3-2-4-6-12/h2-6,9,11H,7-8,10,15H2,1H3. The number of ether oxygens (including phenoxy) is 1. The molecule has 0 aliphatic carbocycles. The highest BCUT2D eigenvalue weighted by molar-refractivity contribution is 5.41. The van der Waals surface area contributed by atoms with Crippen LogP contribution in [-0.4, -0.2) is 30.2 Å². The van der Waals surface area contributed by atoms with Crippen molar-refractivity contribution in [2.45, 2.75) is 6.54 Å². The minimum absolute atomic E-state index is 0.556. The molecule has 5 heteroatoms. The second-order valence-corrected chi connectivity index (χ2v) is 4.11. The predicted octanol–water partition coefficient (Wildman–Crippen LogP) is 1.45. The maximum absolute atomic E-state index is 5.67. The second-order valence-electron chi connectivity index (χ2n) is 4.11. The molecule has 1 aromatic heterocycles. The first-order valence-corrected chi connectivity index (χ1v) is 6.18. The molecular formula is C14H18N4O. The van der Waals surface area contributed by atoms with E-state index in [1.54, 1.807) is 7.11 Å². The topological polar surface area (TPSA) is 64.3 Å². The molecule has 0 radical (unpaired) electrons. The Hall–Kier alpha value is -2.14. The molecule has 0 saturated heterocycles. The lowest BCUT2D eigenvalue weighted by atomic mass is 10.2. The zero-order valence-electron chi connectivity index (χ0n) is 11.0. The van der Waals surface area contributed by atoms with Crippen LogP contribution in [0.25, 0.3) is 0 Å². The van der Waals surface area contributed by atoms with Crippen LogP contribution in [0.2, 0.25) is 0 Å². The van der Waals surface area contributed by atoms with E-state index in [1.807, 2.05) is 24.3 Å². The normalized spacial score (nSPS) is 10.2. The molecule has 0 spiro atoms. The third-order valence-electron chi connectivity index (χ3n) is 2.78. The van der Waals surface area contributed by atoms with Gasteiger partial charge in [-0.05, 0) is 5.56 Å². The fraction of sp³-hybridized carbons (Fsp3) is 0.286. The van der Waals surface area contributed by atoms with Crippen molar-refractivity contribution in [3.8, 4) is 5.88 Å². The number of benzene rings is 1. The quantitative estimate of drug-likeness (QED) is 0.849. The van der Waals surface area contributed by atoms with E-state index in [2.05, 4.69) is 27.0 Å². The Morgan fingerprint density at radius 2 is 2.00 bits per heavy atom. The zero-order chi connectivity index (χ0) is 13.5. The van der Waals surface area contributed by atoms with Gasteiger partial charge in [0.15, 0.2) is 0 Å². The number of nitrogens with zero attached hydrogens (tertiary/aromatic N) is 3. The van der Waals surface area contributed by atoms with Gasteiger partial charge in [0.2, 0.25) is 5.88 Å². The molecule has 2 N–H and O–H groups in total. The van der Waals surface area contributed by atoms with Crippen LogP contribution in [-0.2, 0) is 6.54 Å². The highest BCUT2D eigenvalue weighted by Crippen LogP contribution is 2.17. The summed E-state index contributed by atoms with van der Waals surface area (Å²) in [5.74, 6) is 1.38. The van der Waals surface area contributed by atoms with Gasteiger partial charge in [0, 0.05) is 25.7 Å². The van der Waals surface area contributed by atoms with Crippen LogP contribution in [0.15, 0.2) is 42.7 Å². The largest absolute Gasteiger partial charge is 0.481 e. The Bertz CT molecular complexity index is 504. The molecule has 0 bridgehead atoms. The number of nitrogens with two attached hydrogens (primary N) is 1. The summed E-state index contributed by atoms with van der Waals surface area (Å²) in [4.78, 5) is 10.4. The van der Waals surface area contributed by atoms with Crippen LogP contribution < -0.4 is 15.4 Å². The number of methoxy groups -OCH3 is 1. The summed E-state index contributed by atoms with van der Waals surface area (Å²) >= 11 is 0. The van der Waals surface area contributed by atoms with Gasteiger partial charge in [-0.2, -0.15) is 0 Å². The fourth-order valence-corrected chi connectivity index (χ4v) is 1.85. The monoisotopic (exact) mass is 258 g/mol. The van der Waals surface area contributed by atoms with Crippen LogP contribution in [0.1, 0.15) is 5.56 Å². The number of rotatable bonds is 6. The van der Waals surface area contributed by atoms with Gasteiger partial charge in [0.25, 0.3) is 0 Å². The minimum atomic E-state index is 0.556. The van der Waals surface area contributed by atoms with E-state index in [4.69, 9.17) is 10.5 Å². The van der Waals surface area contributed by atoms with E-state index in [-0.39, 0.29) is 0 Å².